The van der Waals surface area contributed by atoms with Crippen molar-refractivity contribution in [3.8, 4) is 22.9 Å². The second-order valence-electron chi connectivity index (χ2n) is 20.5. The second kappa shape index (κ2) is 19.2. The average molecular weight is 1010 g/mol. The van der Waals surface area contributed by atoms with Gasteiger partial charge in [-0.2, -0.15) is 0 Å². The Morgan fingerprint density at radius 3 is 2.26 bits per heavy atom. The zero-order valence-corrected chi connectivity index (χ0v) is 41.3. The van der Waals surface area contributed by atoms with E-state index in [1.54, 1.807) is 36.4 Å². The molecule has 5 aromatic rings. The number of hydrogen-bond donors (Lipinski definition) is 0. The Morgan fingerprint density at radius 2 is 1.53 bits per heavy atom. The number of pyridine rings is 2. The number of hydrogen-bond acceptors (Lipinski definition) is 16. The van der Waals surface area contributed by atoms with Gasteiger partial charge in [-0.3, -0.25) is 29.8 Å². The maximum atomic E-state index is 13.9. The molecule has 0 saturated heterocycles. The number of rotatable bonds is 10. The van der Waals surface area contributed by atoms with Gasteiger partial charge in [-0.1, -0.05) is 27.7 Å². The number of nitrogens with zero attached hydrogens (tertiary/aromatic N) is 4. The fourth-order valence-electron chi connectivity index (χ4n) is 13.1. The van der Waals surface area contributed by atoms with Crippen LogP contribution in [-0.2, 0) is 41.7 Å². The van der Waals surface area contributed by atoms with E-state index in [0.717, 1.165) is 76.0 Å². The Labute approximate surface area is 423 Å². The van der Waals surface area contributed by atoms with Gasteiger partial charge < -0.3 is 28.3 Å². The number of esters is 4. The Morgan fingerprint density at radius 1 is 0.797 bits per heavy atom. The van der Waals surface area contributed by atoms with E-state index in [9.17, 15) is 49.0 Å². The van der Waals surface area contributed by atoms with E-state index in [1.165, 1.54) is 22.8 Å². The summed E-state index contributed by atoms with van der Waals surface area (Å²) in [4.78, 5) is 105. The van der Waals surface area contributed by atoms with Gasteiger partial charge in [0.25, 0.3) is 16.9 Å². The molecule has 4 heterocycles. The number of aromatic nitrogens is 2. The minimum Gasteiger partial charge on any atom is -0.482 e. The Hall–Kier alpha value is -7.83. The highest BCUT2D eigenvalue weighted by Crippen LogP contribution is 2.65. The van der Waals surface area contributed by atoms with Crippen molar-refractivity contribution < 1.29 is 57.5 Å². The number of carbonyl (C=O) groups excluding carboxylic acids is 5. The lowest BCUT2D eigenvalue weighted by Crippen LogP contribution is -2.54. The molecule has 8 atom stereocenters. The Kier molecular flexibility index (Phi) is 12.9. The number of carbonyl (C=O) groups is 5. The molecule has 2 aliphatic heterocycles. The standard InChI is InChI=1S/C53H48N4O15.C2H6/c1-52-15-13-36(21-31(52)5-9-37-40-10-12-44(58)53(40,2)16-14-41(37)52)71-49(61)27-3-6-34(7-4-27)68-26-45(59)72-47-38-23-43-46-30(24-55(43)48(60)39(38)25-69-51(47)63)17-28-20-35(8-11-42(28)54-46)70-50(62)29-18-32(56(64)65)22-33(19-29)57(66)67;1-2/h3-4,6-8,11,17-20,22-23,31,36-37,40-41,47H,5,9-10,12-16,21,24-26H2,1-2H3;1-2H3/t31?,36-,37?,40?,41?,47-,52-,53-;/m0./s1. The first-order valence-corrected chi connectivity index (χ1v) is 25.2. The number of ketones is 1. The van der Waals surface area contributed by atoms with Crippen molar-refractivity contribution in [2.24, 2.45) is 34.5 Å². The summed E-state index contributed by atoms with van der Waals surface area (Å²) in [5.41, 5.74) is 0.205. The van der Waals surface area contributed by atoms with Crippen LogP contribution in [0.25, 0.3) is 22.3 Å². The highest BCUT2D eigenvalue weighted by atomic mass is 16.6. The van der Waals surface area contributed by atoms with Crippen molar-refractivity contribution >= 4 is 51.9 Å². The van der Waals surface area contributed by atoms with Crippen LogP contribution in [0.1, 0.15) is 129 Å². The number of cyclic esters (lactones) is 1. The summed E-state index contributed by atoms with van der Waals surface area (Å²) in [6.45, 7) is 7.76. The second-order valence-corrected chi connectivity index (χ2v) is 20.5. The van der Waals surface area contributed by atoms with Gasteiger partial charge in [0, 0.05) is 40.5 Å². The number of benzene rings is 3. The van der Waals surface area contributed by atoms with Crippen LogP contribution < -0.4 is 15.0 Å². The smallest absolute Gasteiger partial charge is 0.352 e. The predicted molar refractivity (Wildman–Crippen MR) is 263 cm³/mol. The highest BCUT2D eigenvalue weighted by Gasteiger charge is 2.60. The van der Waals surface area contributed by atoms with Crippen molar-refractivity contribution in [2.45, 2.75) is 111 Å². The molecule has 0 amide bonds. The summed E-state index contributed by atoms with van der Waals surface area (Å²) in [7, 11) is 0. The molecule has 19 heteroatoms. The third kappa shape index (κ3) is 8.74. The number of nitro groups is 2. The molecule has 2 aromatic heterocycles. The molecule has 19 nitrogen and oxygen atoms in total. The minimum atomic E-state index is -1.58. The van der Waals surface area contributed by atoms with Gasteiger partial charge in [0.2, 0.25) is 6.10 Å². The molecule has 0 N–H and O–H groups in total. The van der Waals surface area contributed by atoms with Gasteiger partial charge in [0.15, 0.2) is 6.61 Å². The van der Waals surface area contributed by atoms with Crippen LogP contribution in [-0.4, -0.2) is 61.8 Å². The van der Waals surface area contributed by atoms with E-state index in [2.05, 4.69) is 13.8 Å². The normalized spacial score (nSPS) is 26.0. The van der Waals surface area contributed by atoms with Crippen LogP contribution >= 0.6 is 0 Å². The van der Waals surface area contributed by atoms with E-state index in [-0.39, 0.29) is 52.7 Å². The maximum absolute atomic E-state index is 13.9. The van der Waals surface area contributed by atoms with Crippen LogP contribution in [0, 0.1) is 54.7 Å². The average Bonchev–Trinajstić information content (AvgIpc) is 3.91. The summed E-state index contributed by atoms with van der Waals surface area (Å²) < 4.78 is 29.5. The summed E-state index contributed by atoms with van der Waals surface area (Å²) in [5, 5.41) is 23.2. The van der Waals surface area contributed by atoms with E-state index in [1.807, 2.05) is 13.8 Å². The van der Waals surface area contributed by atoms with E-state index in [4.69, 9.17) is 28.7 Å². The van der Waals surface area contributed by atoms with Gasteiger partial charge in [0.1, 0.15) is 30.0 Å². The quantitative estimate of drug-likeness (QED) is 0.0407. The predicted octanol–water partition coefficient (Wildman–Crippen LogP) is 9.34. The molecule has 4 aliphatic carbocycles. The van der Waals surface area contributed by atoms with Gasteiger partial charge in [-0.25, -0.2) is 24.2 Å². The molecule has 0 radical (unpaired) electrons. The van der Waals surface area contributed by atoms with E-state index in [0.29, 0.717) is 62.9 Å². The first kappa shape index (κ1) is 49.7. The van der Waals surface area contributed by atoms with Crippen molar-refractivity contribution in [3.63, 3.8) is 0 Å². The molecule has 11 rings (SSSR count). The van der Waals surface area contributed by atoms with Gasteiger partial charge in [-0.15, -0.1) is 0 Å². The van der Waals surface area contributed by atoms with Crippen molar-refractivity contribution in [1.82, 2.24) is 9.55 Å². The fraction of sp³-hybridized carbons (Fsp3) is 0.436. The van der Waals surface area contributed by atoms with Crippen molar-refractivity contribution in [1.29, 1.82) is 0 Å². The summed E-state index contributed by atoms with van der Waals surface area (Å²) in [6, 6.07) is 16.4. The zero-order chi connectivity index (χ0) is 52.4. The third-order valence-electron chi connectivity index (χ3n) is 16.8. The molecule has 4 unspecified atom stereocenters. The number of ether oxygens (including phenoxy) is 5. The Bertz CT molecular complexity index is 3230. The SMILES string of the molecule is CC.C[C@]12CC[C@H](OC(=O)c3ccc(OCC(=O)O[C@@H]4C(=O)OCc5c4cc4n(c5=O)Cc5cc6cc(OC(=O)c7cc([N+](=O)[O-])cc([N+](=O)[O-])c7)ccc6nc5-4)cc3)CC1CCC1C2CC[C@]2(C)C(=O)CCC12. The molecule has 0 bridgehead atoms. The first-order chi connectivity index (χ1) is 35.5. The lowest BCUT2D eigenvalue weighted by atomic mass is 9.45. The van der Waals surface area contributed by atoms with Crippen LogP contribution in [0.15, 0.2) is 77.6 Å². The molecular formula is C55H54N4O15. The molecular weight excluding hydrogens is 957 g/mol. The van der Waals surface area contributed by atoms with Gasteiger partial charge in [0.05, 0.1) is 56.1 Å². The number of Topliss-reactive ketones (excluding diaryl/α,β-unsaturated/α-hetero) is 1. The van der Waals surface area contributed by atoms with Crippen LogP contribution in [0.3, 0.4) is 0 Å². The number of nitro benzene ring substituents is 2. The van der Waals surface area contributed by atoms with Crippen LogP contribution in [0.4, 0.5) is 11.4 Å². The maximum Gasteiger partial charge on any atom is 0.352 e. The number of fused-ring (bicyclic) bond motifs is 10. The highest BCUT2D eigenvalue weighted by molar-refractivity contribution is 5.94. The molecule has 3 aromatic carbocycles. The molecule has 0 spiro atoms. The molecule has 384 valence electrons. The summed E-state index contributed by atoms with van der Waals surface area (Å²) >= 11 is 0. The summed E-state index contributed by atoms with van der Waals surface area (Å²) in [5.74, 6) is -0.427. The zero-order valence-electron chi connectivity index (χ0n) is 41.3. The summed E-state index contributed by atoms with van der Waals surface area (Å²) in [6.07, 6.45) is 6.88. The topological polar surface area (TPSA) is 253 Å². The van der Waals surface area contributed by atoms with Gasteiger partial charge in [-0.05, 0) is 135 Å². The van der Waals surface area contributed by atoms with Crippen LogP contribution in [0.2, 0.25) is 0 Å². The lowest BCUT2D eigenvalue weighted by Gasteiger charge is -2.60. The van der Waals surface area contributed by atoms with E-state index < -0.39 is 68.9 Å². The van der Waals surface area contributed by atoms with Crippen molar-refractivity contribution in [2.75, 3.05) is 6.61 Å². The Balaban J connectivity index is 0.00000309. The number of non-ortho nitro benzene ring substituents is 2. The van der Waals surface area contributed by atoms with Crippen molar-refractivity contribution in [3.05, 3.63) is 131 Å². The lowest BCUT2D eigenvalue weighted by molar-refractivity contribution is -0.394. The fourth-order valence-corrected chi connectivity index (χ4v) is 13.1. The molecule has 4 fully saturated rings. The molecule has 6 aliphatic rings. The van der Waals surface area contributed by atoms with Crippen LogP contribution in [0.5, 0.6) is 11.5 Å². The first-order valence-electron chi connectivity index (χ1n) is 25.2. The molecule has 74 heavy (non-hydrogen) atoms. The minimum absolute atomic E-state index is 0.0181. The third-order valence-corrected chi connectivity index (χ3v) is 16.8. The monoisotopic (exact) mass is 1010 g/mol. The van der Waals surface area contributed by atoms with Gasteiger partial charge >= 0.3 is 23.9 Å². The molecule has 4 saturated carbocycles. The largest absolute Gasteiger partial charge is 0.482 e. The van der Waals surface area contributed by atoms with E-state index >= 15 is 0 Å².